The maximum absolute atomic E-state index is 12.8. The van der Waals surface area contributed by atoms with E-state index in [1.165, 1.54) is 24.3 Å². The molecule has 0 bridgehead atoms. The summed E-state index contributed by atoms with van der Waals surface area (Å²) < 4.78 is 76.4. The molecule has 5 aromatic rings. The summed E-state index contributed by atoms with van der Waals surface area (Å²) in [5, 5.41) is 3.91. The van der Waals surface area contributed by atoms with E-state index in [9.17, 15) is 25.9 Å². The van der Waals surface area contributed by atoms with Crippen molar-refractivity contribution in [1.82, 2.24) is 4.57 Å². The van der Waals surface area contributed by atoms with Crippen molar-refractivity contribution in [3.63, 3.8) is 0 Å². The van der Waals surface area contributed by atoms with Crippen LogP contribution in [0.1, 0.15) is 27.9 Å². The van der Waals surface area contributed by atoms with Crippen LogP contribution in [0.5, 0.6) is 0 Å². The van der Waals surface area contributed by atoms with E-state index in [0.29, 0.717) is 33.6 Å². The standard InChI is InChI=1S/C37H33N3O6S2.Na/c1-23-11-5-8-14-29(23)38-31-19-17-26(21-34(31)47(41,42)43)37(36-25(3)40(4)33-16-10-7-13-28(33)36)27-18-20-32(35(22-27)48(44,45)46)39-30-15-9-6-12-24(30)2;/h5-22,38H,1-4H3,(H,41,42,43)(H,44,45,46);/q;+1/p-1/b37-27+,39-32?;. The number of allylic oxidation sites excluding steroid dienone is 5. The summed E-state index contributed by atoms with van der Waals surface area (Å²) in [6.07, 6.45) is 4.51. The third kappa shape index (κ3) is 7.29. The predicted molar refractivity (Wildman–Crippen MR) is 190 cm³/mol. The molecule has 0 saturated heterocycles. The number of aliphatic imine (C=N–C) groups is 1. The third-order valence-electron chi connectivity index (χ3n) is 8.49. The third-order valence-corrected chi connectivity index (χ3v) is 10.2. The molecule has 0 radical (unpaired) electrons. The van der Waals surface area contributed by atoms with Crippen LogP contribution in [-0.2, 0) is 27.3 Å². The van der Waals surface area contributed by atoms with Crippen molar-refractivity contribution in [2.24, 2.45) is 12.0 Å². The van der Waals surface area contributed by atoms with Crippen LogP contribution >= 0.6 is 0 Å². The molecule has 0 amide bonds. The second kappa shape index (κ2) is 14.0. The zero-order valence-electron chi connectivity index (χ0n) is 27.6. The molecule has 1 aliphatic rings. The molecule has 49 heavy (non-hydrogen) atoms. The number of benzene rings is 4. The normalized spacial score (nSPS) is 15.2. The van der Waals surface area contributed by atoms with Gasteiger partial charge in [0.1, 0.15) is 15.0 Å². The van der Waals surface area contributed by atoms with Crippen LogP contribution in [0.25, 0.3) is 16.5 Å². The maximum atomic E-state index is 12.8. The molecule has 12 heteroatoms. The van der Waals surface area contributed by atoms with Crippen molar-refractivity contribution in [3.05, 3.63) is 148 Å². The van der Waals surface area contributed by atoms with Gasteiger partial charge in [-0.2, -0.15) is 8.42 Å². The minimum Gasteiger partial charge on any atom is -0.744 e. The first-order chi connectivity index (χ1) is 22.7. The summed E-state index contributed by atoms with van der Waals surface area (Å²) in [6.45, 7) is 5.61. The number of nitrogens with zero attached hydrogens (tertiary/aromatic N) is 2. The van der Waals surface area contributed by atoms with E-state index in [1.54, 1.807) is 36.4 Å². The van der Waals surface area contributed by atoms with Crippen LogP contribution in [0.2, 0.25) is 0 Å². The van der Waals surface area contributed by atoms with Crippen LogP contribution < -0.4 is 34.9 Å². The molecule has 1 heterocycles. The first-order valence-electron chi connectivity index (χ1n) is 15.0. The summed E-state index contributed by atoms with van der Waals surface area (Å²) >= 11 is 0. The van der Waals surface area contributed by atoms with Crippen molar-refractivity contribution in [3.8, 4) is 0 Å². The van der Waals surface area contributed by atoms with Gasteiger partial charge in [0, 0.05) is 34.9 Å². The summed E-state index contributed by atoms with van der Waals surface area (Å²) in [7, 11) is -7.87. The van der Waals surface area contributed by atoms with Crippen LogP contribution in [0.3, 0.4) is 0 Å². The van der Waals surface area contributed by atoms with Gasteiger partial charge in [-0.1, -0.05) is 66.7 Å². The van der Waals surface area contributed by atoms with Gasteiger partial charge >= 0.3 is 29.6 Å². The van der Waals surface area contributed by atoms with E-state index in [4.69, 9.17) is 0 Å². The van der Waals surface area contributed by atoms with E-state index in [-0.39, 0.29) is 41.0 Å². The number of hydrogen-bond acceptors (Lipinski definition) is 7. The number of hydrogen-bond donors (Lipinski definition) is 2. The van der Waals surface area contributed by atoms with Gasteiger partial charge in [0.25, 0.3) is 10.1 Å². The molecule has 244 valence electrons. The minimum absolute atomic E-state index is 0. The van der Waals surface area contributed by atoms with Gasteiger partial charge < -0.3 is 14.4 Å². The van der Waals surface area contributed by atoms with Crippen molar-refractivity contribution >= 4 is 59.5 Å². The summed E-state index contributed by atoms with van der Waals surface area (Å²) in [4.78, 5) is 3.65. The van der Waals surface area contributed by atoms with Crippen molar-refractivity contribution in [2.75, 3.05) is 5.32 Å². The maximum Gasteiger partial charge on any atom is 1.00 e. The minimum atomic E-state index is -4.99. The number of nitrogens with one attached hydrogen (secondary N) is 1. The summed E-state index contributed by atoms with van der Waals surface area (Å²) in [5.41, 5.74) is 6.53. The molecule has 0 unspecified atom stereocenters. The van der Waals surface area contributed by atoms with Gasteiger partial charge in [-0.05, 0) is 91.1 Å². The van der Waals surface area contributed by atoms with E-state index in [2.05, 4.69) is 10.3 Å². The Bertz CT molecular complexity index is 2480. The Labute approximate surface area is 308 Å². The Balaban J connectivity index is 0.00000468. The fraction of sp³-hybridized carbons (Fsp3) is 0.108. The molecule has 0 atom stereocenters. The van der Waals surface area contributed by atoms with E-state index in [1.807, 2.05) is 80.9 Å². The van der Waals surface area contributed by atoms with Gasteiger partial charge in [-0.3, -0.25) is 4.55 Å². The van der Waals surface area contributed by atoms with Gasteiger partial charge in [-0.25, -0.2) is 13.4 Å². The summed E-state index contributed by atoms with van der Waals surface area (Å²) in [5.74, 6) is 0. The van der Waals surface area contributed by atoms with Gasteiger partial charge in [0.15, 0.2) is 0 Å². The fourth-order valence-corrected chi connectivity index (χ4v) is 7.24. The molecule has 9 nitrogen and oxygen atoms in total. The van der Waals surface area contributed by atoms with Crippen LogP contribution in [-0.4, -0.2) is 36.2 Å². The fourth-order valence-electron chi connectivity index (χ4n) is 5.93. The zero-order chi connectivity index (χ0) is 34.4. The van der Waals surface area contributed by atoms with Crippen molar-refractivity contribution in [2.45, 2.75) is 25.7 Å². The Kier molecular flexibility index (Phi) is 10.4. The van der Waals surface area contributed by atoms with Crippen molar-refractivity contribution < 1.29 is 55.5 Å². The Morgan fingerprint density at radius 2 is 1.47 bits per heavy atom. The summed E-state index contributed by atoms with van der Waals surface area (Å²) in [6, 6.07) is 26.6. The molecule has 1 aromatic heterocycles. The largest absolute Gasteiger partial charge is 1.00 e. The Morgan fingerprint density at radius 3 is 2.14 bits per heavy atom. The Hall–Kier alpha value is -4.07. The molecule has 2 N–H and O–H groups in total. The number of aryl methyl sites for hydroxylation is 3. The average Bonchev–Trinajstić information content (AvgIpc) is 3.29. The molecule has 1 aliphatic carbocycles. The molecular formula is C37H32N3NaO6S2. The number of para-hydroxylation sites is 3. The topological polar surface area (TPSA) is 141 Å². The first-order valence-corrected chi connectivity index (χ1v) is 17.8. The predicted octanol–water partition coefficient (Wildman–Crippen LogP) is 4.67. The Morgan fingerprint density at radius 1 is 0.816 bits per heavy atom. The van der Waals surface area contributed by atoms with Crippen LogP contribution in [0.4, 0.5) is 17.1 Å². The van der Waals surface area contributed by atoms with E-state index < -0.39 is 30.0 Å². The second-order valence-corrected chi connectivity index (χ2v) is 14.3. The van der Waals surface area contributed by atoms with E-state index in [0.717, 1.165) is 27.7 Å². The number of aromatic nitrogens is 1. The smallest absolute Gasteiger partial charge is 0.744 e. The monoisotopic (exact) mass is 701 g/mol. The number of fused-ring (bicyclic) bond motifs is 1. The second-order valence-electron chi connectivity index (χ2n) is 11.6. The number of anilines is 2. The van der Waals surface area contributed by atoms with Gasteiger partial charge in [0.2, 0.25) is 0 Å². The number of rotatable bonds is 7. The van der Waals surface area contributed by atoms with Gasteiger partial charge in [-0.15, -0.1) is 0 Å². The van der Waals surface area contributed by atoms with Crippen molar-refractivity contribution in [1.29, 1.82) is 0 Å². The SMILES string of the molecule is Cc1ccccc1N=C1C=C/C(=C(/c2ccc(Nc3ccccc3C)c(S(=O)(=O)[O-])c2)c2c(C)n(C)c3ccccc23)C=C1S(=O)(=O)O.[Na+]. The van der Waals surface area contributed by atoms with Gasteiger partial charge in [0.05, 0.1) is 22.0 Å². The molecule has 4 aromatic carbocycles. The molecule has 0 spiro atoms. The molecular weight excluding hydrogens is 670 g/mol. The molecule has 6 rings (SSSR count). The average molecular weight is 702 g/mol. The molecule has 0 saturated carbocycles. The molecule has 0 fully saturated rings. The van der Waals surface area contributed by atoms with Crippen LogP contribution in [0.15, 0.2) is 130 Å². The quantitative estimate of drug-likeness (QED) is 0.186. The zero-order valence-corrected chi connectivity index (χ0v) is 31.2. The van der Waals surface area contributed by atoms with E-state index >= 15 is 0 Å². The first kappa shape index (κ1) is 36.2. The van der Waals surface area contributed by atoms with Crippen LogP contribution in [0, 0.1) is 20.8 Å². The molecule has 0 aliphatic heterocycles.